The highest BCUT2D eigenvalue weighted by Crippen LogP contribution is 2.42. The van der Waals surface area contributed by atoms with Crippen LogP contribution < -0.4 is 20.1 Å². The molecule has 2 amide bonds. The fourth-order valence-electron chi connectivity index (χ4n) is 3.18. The second-order valence-electron chi connectivity index (χ2n) is 6.56. The smallest absolute Gasteiger partial charge is 0.243 e. The van der Waals surface area contributed by atoms with Crippen LogP contribution in [0.15, 0.2) is 48.5 Å². The number of hydrogen-bond acceptors (Lipinski definition) is 4. The SMILES string of the molecule is O=C(CNC(=O)C(c1ccccc1)C1CC1)Nc1ccc2c(c1)OCO2. The first kappa shape index (κ1) is 16.4. The molecule has 1 heterocycles. The summed E-state index contributed by atoms with van der Waals surface area (Å²) in [6.45, 7) is 0.119. The van der Waals surface area contributed by atoms with Gasteiger partial charge < -0.3 is 20.1 Å². The molecule has 134 valence electrons. The second-order valence-corrected chi connectivity index (χ2v) is 6.56. The minimum atomic E-state index is -0.278. The number of anilines is 1. The number of ether oxygens (including phenoxy) is 2. The Morgan fingerprint density at radius 1 is 1.04 bits per heavy atom. The first-order valence-corrected chi connectivity index (χ1v) is 8.73. The number of carbonyl (C=O) groups is 2. The van der Waals surface area contributed by atoms with Crippen LogP contribution >= 0.6 is 0 Å². The highest BCUT2D eigenvalue weighted by Gasteiger charge is 2.37. The summed E-state index contributed by atoms with van der Waals surface area (Å²) in [5, 5.41) is 5.53. The van der Waals surface area contributed by atoms with Crippen molar-refractivity contribution in [2.45, 2.75) is 18.8 Å². The van der Waals surface area contributed by atoms with E-state index < -0.39 is 0 Å². The first-order chi connectivity index (χ1) is 12.7. The van der Waals surface area contributed by atoms with E-state index in [4.69, 9.17) is 9.47 Å². The molecule has 6 nitrogen and oxygen atoms in total. The van der Waals surface area contributed by atoms with Crippen molar-refractivity contribution in [3.8, 4) is 11.5 Å². The zero-order valence-corrected chi connectivity index (χ0v) is 14.2. The maximum atomic E-state index is 12.6. The summed E-state index contributed by atoms with van der Waals surface area (Å²) in [4.78, 5) is 24.8. The van der Waals surface area contributed by atoms with E-state index >= 15 is 0 Å². The Hall–Kier alpha value is -3.02. The van der Waals surface area contributed by atoms with E-state index in [9.17, 15) is 9.59 Å². The lowest BCUT2D eigenvalue weighted by molar-refractivity contribution is -0.125. The number of rotatable bonds is 6. The molecule has 0 bridgehead atoms. The molecule has 0 radical (unpaired) electrons. The molecule has 1 aliphatic carbocycles. The number of benzene rings is 2. The van der Waals surface area contributed by atoms with Gasteiger partial charge in [0.15, 0.2) is 11.5 Å². The Bertz CT molecular complexity index is 818. The molecule has 1 aliphatic heterocycles. The second kappa shape index (κ2) is 7.07. The largest absolute Gasteiger partial charge is 0.454 e. The van der Waals surface area contributed by atoms with Gasteiger partial charge >= 0.3 is 0 Å². The molecule has 2 N–H and O–H groups in total. The van der Waals surface area contributed by atoms with Crippen LogP contribution in [0.3, 0.4) is 0 Å². The van der Waals surface area contributed by atoms with Crippen LogP contribution in [-0.2, 0) is 9.59 Å². The average Bonchev–Trinajstić information content (AvgIpc) is 3.37. The minimum absolute atomic E-state index is 0.0661. The zero-order chi connectivity index (χ0) is 17.9. The van der Waals surface area contributed by atoms with Gasteiger partial charge in [-0.1, -0.05) is 30.3 Å². The van der Waals surface area contributed by atoms with Crippen LogP contribution in [0, 0.1) is 5.92 Å². The highest BCUT2D eigenvalue weighted by molar-refractivity contribution is 5.96. The maximum absolute atomic E-state index is 12.6. The van der Waals surface area contributed by atoms with Gasteiger partial charge in [0, 0.05) is 11.8 Å². The van der Waals surface area contributed by atoms with Crippen LogP contribution in [-0.4, -0.2) is 25.2 Å². The van der Waals surface area contributed by atoms with Gasteiger partial charge in [-0.25, -0.2) is 0 Å². The van der Waals surface area contributed by atoms with E-state index in [1.165, 1.54) is 0 Å². The standard InChI is InChI=1S/C20H20N2O4/c23-18(22-15-8-9-16-17(10-15)26-12-25-16)11-21-20(24)19(14-6-7-14)13-4-2-1-3-5-13/h1-5,8-10,14,19H,6-7,11-12H2,(H,21,24)(H,22,23). The number of hydrogen-bond donors (Lipinski definition) is 2. The van der Waals surface area contributed by atoms with Gasteiger partial charge in [0.2, 0.25) is 18.6 Å². The van der Waals surface area contributed by atoms with Crippen molar-refractivity contribution in [2.24, 2.45) is 5.92 Å². The summed E-state index contributed by atoms with van der Waals surface area (Å²) >= 11 is 0. The molecule has 2 aromatic carbocycles. The third kappa shape index (κ3) is 3.64. The lowest BCUT2D eigenvalue weighted by atomic mass is 9.93. The van der Waals surface area contributed by atoms with Crippen molar-refractivity contribution in [3.63, 3.8) is 0 Å². The van der Waals surface area contributed by atoms with Gasteiger partial charge in [-0.2, -0.15) is 0 Å². The van der Waals surface area contributed by atoms with E-state index in [0.29, 0.717) is 23.1 Å². The Morgan fingerprint density at radius 3 is 2.58 bits per heavy atom. The van der Waals surface area contributed by atoms with Gasteiger partial charge in [-0.3, -0.25) is 9.59 Å². The molecule has 1 fully saturated rings. The molecule has 1 atom stereocenters. The van der Waals surface area contributed by atoms with E-state index in [1.807, 2.05) is 30.3 Å². The summed E-state index contributed by atoms with van der Waals surface area (Å²) in [6, 6.07) is 14.9. The lowest BCUT2D eigenvalue weighted by Crippen LogP contribution is -2.36. The summed E-state index contributed by atoms with van der Waals surface area (Å²) in [5.74, 6) is 1.07. The molecule has 2 aromatic rings. The van der Waals surface area contributed by atoms with Gasteiger partial charge in [-0.15, -0.1) is 0 Å². The summed E-state index contributed by atoms with van der Waals surface area (Å²) in [5.41, 5.74) is 1.61. The molecule has 1 saturated carbocycles. The van der Waals surface area contributed by atoms with Gasteiger partial charge in [-0.05, 0) is 36.5 Å². The number of fused-ring (bicyclic) bond motifs is 1. The molecule has 2 aliphatic rings. The molecule has 6 heteroatoms. The van der Waals surface area contributed by atoms with Crippen molar-refractivity contribution in [1.29, 1.82) is 0 Å². The van der Waals surface area contributed by atoms with Crippen molar-refractivity contribution in [3.05, 3.63) is 54.1 Å². The van der Waals surface area contributed by atoms with Crippen LogP contribution in [0.5, 0.6) is 11.5 Å². The predicted octanol–water partition coefficient (Wildman–Crippen LogP) is 2.66. The van der Waals surface area contributed by atoms with Gasteiger partial charge in [0.1, 0.15) is 0 Å². The predicted molar refractivity (Wildman–Crippen MR) is 96.1 cm³/mol. The van der Waals surface area contributed by atoms with Crippen molar-refractivity contribution in [2.75, 3.05) is 18.7 Å². The molecule has 1 unspecified atom stereocenters. The summed E-state index contributed by atoms with van der Waals surface area (Å²) in [6.07, 6.45) is 2.10. The average molecular weight is 352 g/mol. The lowest BCUT2D eigenvalue weighted by Gasteiger charge is -2.16. The Labute approximate surface area is 151 Å². The fraction of sp³-hybridized carbons (Fsp3) is 0.300. The van der Waals surface area contributed by atoms with E-state index in [2.05, 4.69) is 10.6 Å². The van der Waals surface area contributed by atoms with Gasteiger partial charge in [0.25, 0.3) is 0 Å². The Morgan fingerprint density at radius 2 is 1.81 bits per heavy atom. The molecular formula is C20H20N2O4. The molecule has 26 heavy (non-hydrogen) atoms. The van der Waals surface area contributed by atoms with E-state index in [-0.39, 0.29) is 31.1 Å². The first-order valence-electron chi connectivity index (χ1n) is 8.73. The van der Waals surface area contributed by atoms with Crippen LogP contribution in [0.25, 0.3) is 0 Å². The monoisotopic (exact) mass is 352 g/mol. The van der Waals surface area contributed by atoms with Crippen LogP contribution in [0.1, 0.15) is 24.3 Å². The van der Waals surface area contributed by atoms with Gasteiger partial charge in [0.05, 0.1) is 12.5 Å². The normalized spacial score (nSPS) is 16.0. The zero-order valence-electron chi connectivity index (χ0n) is 14.2. The maximum Gasteiger partial charge on any atom is 0.243 e. The summed E-state index contributed by atoms with van der Waals surface area (Å²) in [7, 11) is 0. The Kier molecular flexibility index (Phi) is 4.48. The number of amides is 2. The quantitative estimate of drug-likeness (QED) is 0.838. The third-order valence-corrected chi connectivity index (χ3v) is 4.61. The number of nitrogens with one attached hydrogen (secondary N) is 2. The molecule has 0 spiro atoms. The minimum Gasteiger partial charge on any atom is -0.454 e. The molecule has 4 rings (SSSR count). The third-order valence-electron chi connectivity index (χ3n) is 4.61. The summed E-state index contributed by atoms with van der Waals surface area (Å²) < 4.78 is 10.5. The number of carbonyl (C=O) groups excluding carboxylic acids is 2. The Balaban J connectivity index is 1.34. The molecule has 0 aromatic heterocycles. The molecular weight excluding hydrogens is 332 g/mol. The fourth-order valence-corrected chi connectivity index (χ4v) is 3.18. The van der Waals surface area contributed by atoms with Crippen LogP contribution in [0.2, 0.25) is 0 Å². The van der Waals surface area contributed by atoms with Crippen molar-refractivity contribution in [1.82, 2.24) is 5.32 Å². The van der Waals surface area contributed by atoms with E-state index in [1.54, 1.807) is 18.2 Å². The van der Waals surface area contributed by atoms with Crippen molar-refractivity contribution >= 4 is 17.5 Å². The van der Waals surface area contributed by atoms with Crippen molar-refractivity contribution < 1.29 is 19.1 Å². The van der Waals surface area contributed by atoms with E-state index in [0.717, 1.165) is 18.4 Å². The van der Waals surface area contributed by atoms with Crippen LogP contribution in [0.4, 0.5) is 5.69 Å². The highest BCUT2D eigenvalue weighted by atomic mass is 16.7. The topological polar surface area (TPSA) is 76.7 Å². The molecule has 0 saturated heterocycles.